The second-order valence-corrected chi connectivity index (χ2v) is 8.42. The molecular formula is C22H24F6O. The molecule has 0 aromatic heterocycles. The highest BCUT2D eigenvalue weighted by atomic mass is 19.4. The van der Waals surface area contributed by atoms with Crippen LogP contribution in [-0.2, 0) is 27.9 Å². The van der Waals surface area contributed by atoms with Crippen LogP contribution in [0.25, 0.3) is 0 Å². The Hall–Kier alpha value is -2.02. The van der Waals surface area contributed by atoms with E-state index in [-0.39, 0.29) is 13.2 Å². The van der Waals surface area contributed by atoms with Crippen LogP contribution in [0.3, 0.4) is 0 Å². The molecule has 0 aliphatic heterocycles. The molecule has 0 N–H and O–H groups in total. The molecule has 0 heterocycles. The van der Waals surface area contributed by atoms with Crippen molar-refractivity contribution < 1.29 is 31.1 Å². The molecular weight excluding hydrogens is 394 g/mol. The van der Waals surface area contributed by atoms with Gasteiger partial charge in [0.1, 0.15) is 0 Å². The lowest BCUT2D eigenvalue weighted by Gasteiger charge is -2.30. The fourth-order valence-electron chi connectivity index (χ4n) is 2.96. The number of ether oxygens (including phenoxy) is 1. The summed E-state index contributed by atoms with van der Waals surface area (Å²) in [6, 6.07) is 10.1. The molecule has 2 aromatic rings. The van der Waals surface area contributed by atoms with Gasteiger partial charge in [0, 0.05) is 10.8 Å². The summed E-state index contributed by atoms with van der Waals surface area (Å²) in [6.45, 7) is 7.30. The highest BCUT2D eigenvalue weighted by Crippen LogP contribution is 2.35. The summed E-state index contributed by atoms with van der Waals surface area (Å²) in [4.78, 5) is 0. The van der Waals surface area contributed by atoms with Crippen LogP contribution in [-0.4, -0.2) is 13.2 Å². The van der Waals surface area contributed by atoms with Crippen molar-refractivity contribution in [3.05, 3.63) is 70.8 Å². The molecule has 2 aromatic carbocycles. The first-order chi connectivity index (χ1) is 13.1. The number of hydrogen-bond acceptors (Lipinski definition) is 1. The molecule has 29 heavy (non-hydrogen) atoms. The zero-order valence-electron chi connectivity index (χ0n) is 16.7. The van der Waals surface area contributed by atoms with Gasteiger partial charge >= 0.3 is 12.4 Å². The van der Waals surface area contributed by atoms with E-state index in [1.165, 1.54) is 12.1 Å². The Morgan fingerprint density at radius 2 is 0.897 bits per heavy atom. The molecule has 0 unspecified atom stereocenters. The smallest absolute Gasteiger partial charge is 0.380 e. The van der Waals surface area contributed by atoms with Gasteiger partial charge in [0.15, 0.2) is 0 Å². The Kier molecular flexibility index (Phi) is 6.43. The summed E-state index contributed by atoms with van der Waals surface area (Å²) in [6.07, 6.45) is -8.86. The van der Waals surface area contributed by atoms with Crippen molar-refractivity contribution in [2.45, 2.75) is 50.9 Å². The van der Waals surface area contributed by atoms with Gasteiger partial charge in [-0.3, -0.25) is 0 Å². The topological polar surface area (TPSA) is 9.23 Å². The Bertz CT molecular complexity index is 764. The highest BCUT2D eigenvalue weighted by Gasteiger charge is 2.34. The van der Waals surface area contributed by atoms with Crippen molar-refractivity contribution in [1.82, 2.24) is 0 Å². The number of benzene rings is 2. The maximum Gasteiger partial charge on any atom is 0.416 e. The van der Waals surface area contributed by atoms with Crippen LogP contribution in [0.15, 0.2) is 48.5 Å². The van der Waals surface area contributed by atoms with Crippen LogP contribution in [0.4, 0.5) is 26.3 Å². The van der Waals surface area contributed by atoms with E-state index in [1.54, 1.807) is 39.8 Å². The maximum atomic E-state index is 13.0. The van der Waals surface area contributed by atoms with E-state index < -0.39 is 34.3 Å². The molecule has 7 heteroatoms. The van der Waals surface area contributed by atoms with Gasteiger partial charge in [0.05, 0.1) is 24.3 Å². The molecule has 0 bridgehead atoms. The molecule has 0 fully saturated rings. The predicted octanol–water partition coefficient (Wildman–Crippen LogP) is 7.00. The van der Waals surface area contributed by atoms with E-state index in [0.29, 0.717) is 11.1 Å². The summed E-state index contributed by atoms with van der Waals surface area (Å²) in [5.41, 5.74) is -1.91. The van der Waals surface area contributed by atoms with E-state index >= 15 is 0 Å². The van der Waals surface area contributed by atoms with E-state index in [0.717, 1.165) is 24.3 Å². The summed E-state index contributed by atoms with van der Waals surface area (Å²) >= 11 is 0. The average Bonchev–Trinajstić information content (AvgIpc) is 2.60. The van der Waals surface area contributed by atoms with Crippen molar-refractivity contribution in [2.75, 3.05) is 13.2 Å². The third-order valence-electron chi connectivity index (χ3n) is 4.87. The first-order valence-corrected chi connectivity index (χ1v) is 9.06. The first-order valence-electron chi connectivity index (χ1n) is 9.06. The maximum absolute atomic E-state index is 13.0. The Balaban J connectivity index is 2.10. The highest BCUT2D eigenvalue weighted by molar-refractivity contribution is 5.32. The Morgan fingerprint density at radius 1 is 0.586 bits per heavy atom. The van der Waals surface area contributed by atoms with E-state index in [2.05, 4.69) is 0 Å². The number of hydrogen-bond donors (Lipinski definition) is 0. The lowest BCUT2D eigenvalue weighted by atomic mass is 9.83. The summed E-state index contributed by atoms with van der Waals surface area (Å²) in [7, 11) is 0. The summed E-state index contributed by atoms with van der Waals surface area (Å²) in [5.74, 6) is 0. The standard InChI is InChI=1S/C22H24F6O/c1-19(2,15-7-5-9-17(11-15)21(23,24)25)13-29-14-20(3,4)16-8-6-10-18(12-16)22(26,27)28/h5-12H,13-14H2,1-4H3. The lowest BCUT2D eigenvalue weighted by molar-refractivity contribution is -0.138. The molecule has 0 amide bonds. The fraction of sp³-hybridized carbons (Fsp3) is 0.455. The number of rotatable bonds is 6. The van der Waals surface area contributed by atoms with Gasteiger partial charge in [-0.05, 0) is 23.3 Å². The van der Waals surface area contributed by atoms with Crippen molar-refractivity contribution in [2.24, 2.45) is 0 Å². The zero-order valence-corrected chi connectivity index (χ0v) is 16.7. The van der Waals surface area contributed by atoms with E-state index in [1.807, 2.05) is 0 Å². The van der Waals surface area contributed by atoms with Gasteiger partial charge in [0.25, 0.3) is 0 Å². The zero-order chi connectivity index (χ0) is 22.1. The van der Waals surface area contributed by atoms with Crippen LogP contribution in [0, 0.1) is 0 Å². The largest absolute Gasteiger partial charge is 0.416 e. The Morgan fingerprint density at radius 3 is 1.21 bits per heavy atom. The van der Waals surface area contributed by atoms with Crippen LogP contribution in [0.2, 0.25) is 0 Å². The third-order valence-corrected chi connectivity index (χ3v) is 4.87. The number of halogens is 6. The van der Waals surface area contributed by atoms with Gasteiger partial charge in [-0.1, -0.05) is 64.1 Å². The van der Waals surface area contributed by atoms with Crippen LogP contribution < -0.4 is 0 Å². The molecule has 0 atom stereocenters. The normalized spacial score (nSPS) is 13.6. The minimum Gasteiger partial charge on any atom is -0.380 e. The molecule has 2 rings (SSSR count). The molecule has 0 aliphatic carbocycles. The number of alkyl halides is 6. The van der Waals surface area contributed by atoms with Gasteiger partial charge in [-0.15, -0.1) is 0 Å². The molecule has 0 aliphatic rings. The molecule has 0 saturated carbocycles. The molecule has 1 nitrogen and oxygen atoms in total. The third kappa shape index (κ3) is 5.98. The van der Waals surface area contributed by atoms with E-state index in [4.69, 9.17) is 4.74 Å². The minimum absolute atomic E-state index is 0.122. The van der Waals surface area contributed by atoms with E-state index in [9.17, 15) is 26.3 Å². The quantitative estimate of drug-likeness (QED) is 0.459. The van der Waals surface area contributed by atoms with Gasteiger partial charge in [0.2, 0.25) is 0 Å². The SMILES string of the molecule is CC(C)(COCC(C)(C)c1cccc(C(F)(F)F)c1)c1cccc(C(F)(F)F)c1. The van der Waals surface area contributed by atoms with Gasteiger partial charge in [-0.25, -0.2) is 0 Å². The van der Waals surface area contributed by atoms with Crippen LogP contribution in [0.1, 0.15) is 49.9 Å². The minimum atomic E-state index is -4.43. The monoisotopic (exact) mass is 418 g/mol. The first kappa shape index (κ1) is 23.3. The average molecular weight is 418 g/mol. The second-order valence-electron chi connectivity index (χ2n) is 8.42. The van der Waals surface area contributed by atoms with Gasteiger partial charge in [-0.2, -0.15) is 26.3 Å². The molecule has 160 valence electrons. The van der Waals surface area contributed by atoms with Crippen molar-refractivity contribution >= 4 is 0 Å². The predicted molar refractivity (Wildman–Crippen MR) is 99.8 cm³/mol. The van der Waals surface area contributed by atoms with Crippen molar-refractivity contribution in [3.63, 3.8) is 0 Å². The summed E-state index contributed by atoms with van der Waals surface area (Å²) in [5, 5.41) is 0. The molecule has 0 radical (unpaired) electrons. The van der Waals surface area contributed by atoms with Gasteiger partial charge < -0.3 is 4.74 Å². The van der Waals surface area contributed by atoms with Crippen LogP contribution >= 0.6 is 0 Å². The fourth-order valence-corrected chi connectivity index (χ4v) is 2.96. The Labute approximate surface area is 166 Å². The van der Waals surface area contributed by atoms with Crippen LogP contribution in [0.5, 0.6) is 0 Å². The second kappa shape index (κ2) is 8.01. The lowest BCUT2D eigenvalue weighted by Crippen LogP contribution is -2.30. The molecule has 0 spiro atoms. The molecule has 0 saturated heterocycles. The summed E-state index contributed by atoms with van der Waals surface area (Å²) < 4.78 is 83.5. The van der Waals surface area contributed by atoms with Crippen molar-refractivity contribution in [1.29, 1.82) is 0 Å². The van der Waals surface area contributed by atoms with Crippen molar-refractivity contribution in [3.8, 4) is 0 Å².